The van der Waals surface area contributed by atoms with Crippen LogP contribution in [0.25, 0.3) is 0 Å². The van der Waals surface area contributed by atoms with Gasteiger partial charge in [-0.25, -0.2) is 4.79 Å². The van der Waals surface area contributed by atoms with Crippen molar-refractivity contribution in [3.05, 3.63) is 24.3 Å². The Hall–Kier alpha value is -1.09. The highest BCUT2D eigenvalue weighted by Crippen LogP contribution is 2.14. The van der Waals surface area contributed by atoms with Crippen molar-refractivity contribution < 1.29 is 15.0 Å². The van der Waals surface area contributed by atoms with E-state index in [9.17, 15) is 9.90 Å². The summed E-state index contributed by atoms with van der Waals surface area (Å²) >= 11 is 0. The van der Waals surface area contributed by atoms with Gasteiger partial charge in [-0.3, -0.25) is 0 Å². The first-order valence-corrected chi connectivity index (χ1v) is 10.4. The van der Waals surface area contributed by atoms with Crippen LogP contribution in [0.5, 0.6) is 0 Å². The summed E-state index contributed by atoms with van der Waals surface area (Å²) in [7, 11) is 0. The normalized spacial score (nSPS) is 13.0. The van der Waals surface area contributed by atoms with Crippen LogP contribution in [0, 0.1) is 0 Å². The lowest BCUT2D eigenvalue weighted by Gasteiger charge is -2.09. The van der Waals surface area contributed by atoms with Gasteiger partial charge in [-0.1, -0.05) is 95.8 Å². The zero-order valence-electron chi connectivity index (χ0n) is 16.3. The third-order valence-electron chi connectivity index (χ3n) is 4.54. The van der Waals surface area contributed by atoms with E-state index in [-0.39, 0.29) is 6.10 Å². The Bertz CT molecular complexity index is 347. The number of carboxylic acids is 1. The lowest BCUT2D eigenvalue weighted by atomic mass is 10.0. The molecule has 0 aromatic heterocycles. The largest absolute Gasteiger partial charge is 0.478 e. The SMILES string of the molecule is CCCCCC(O)CCCCCCCCCCCC=CC=CC(=O)O. The van der Waals surface area contributed by atoms with E-state index in [0.717, 1.165) is 25.3 Å². The van der Waals surface area contributed by atoms with Crippen molar-refractivity contribution in [1.29, 1.82) is 0 Å². The number of carboxylic acid groups (broad SMARTS) is 1. The van der Waals surface area contributed by atoms with Crippen LogP contribution in [0.4, 0.5) is 0 Å². The van der Waals surface area contributed by atoms with E-state index in [4.69, 9.17) is 5.11 Å². The molecule has 0 spiro atoms. The number of hydrogen-bond acceptors (Lipinski definition) is 2. The van der Waals surface area contributed by atoms with E-state index >= 15 is 0 Å². The molecule has 0 aromatic carbocycles. The molecule has 0 saturated carbocycles. The summed E-state index contributed by atoms with van der Waals surface area (Å²) < 4.78 is 0. The molecule has 25 heavy (non-hydrogen) atoms. The molecule has 1 atom stereocenters. The summed E-state index contributed by atoms with van der Waals surface area (Å²) in [5.74, 6) is -0.896. The van der Waals surface area contributed by atoms with E-state index in [1.165, 1.54) is 77.0 Å². The molecule has 0 radical (unpaired) electrons. The van der Waals surface area contributed by atoms with Gasteiger partial charge in [0, 0.05) is 6.08 Å². The van der Waals surface area contributed by atoms with Crippen LogP contribution < -0.4 is 0 Å². The molecule has 0 aliphatic rings. The predicted molar refractivity (Wildman–Crippen MR) is 107 cm³/mol. The number of aliphatic hydroxyl groups is 1. The molecule has 146 valence electrons. The highest BCUT2D eigenvalue weighted by Gasteiger charge is 2.03. The molecule has 0 amide bonds. The van der Waals surface area contributed by atoms with Gasteiger partial charge in [-0.15, -0.1) is 0 Å². The van der Waals surface area contributed by atoms with Gasteiger partial charge in [-0.05, 0) is 25.7 Å². The maximum atomic E-state index is 10.3. The van der Waals surface area contributed by atoms with Gasteiger partial charge in [-0.2, -0.15) is 0 Å². The summed E-state index contributed by atoms with van der Waals surface area (Å²) in [6.07, 6.45) is 24.6. The number of hydrogen-bond donors (Lipinski definition) is 2. The third kappa shape index (κ3) is 20.9. The first-order chi connectivity index (χ1) is 12.2. The Morgan fingerprint density at radius 1 is 0.800 bits per heavy atom. The fourth-order valence-electron chi connectivity index (χ4n) is 2.97. The fraction of sp³-hybridized carbons (Fsp3) is 0.773. The van der Waals surface area contributed by atoms with E-state index in [2.05, 4.69) is 6.92 Å². The minimum Gasteiger partial charge on any atom is -0.478 e. The molecule has 0 aliphatic heterocycles. The van der Waals surface area contributed by atoms with Crippen molar-refractivity contribution in [2.45, 2.75) is 109 Å². The topological polar surface area (TPSA) is 57.5 Å². The number of rotatable bonds is 18. The van der Waals surface area contributed by atoms with Gasteiger partial charge in [0.15, 0.2) is 0 Å². The van der Waals surface area contributed by atoms with Crippen LogP contribution in [-0.2, 0) is 4.79 Å². The highest BCUT2D eigenvalue weighted by molar-refractivity contribution is 5.80. The summed E-state index contributed by atoms with van der Waals surface area (Å²) in [6.45, 7) is 2.20. The Morgan fingerprint density at radius 2 is 1.32 bits per heavy atom. The molecule has 2 N–H and O–H groups in total. The Kier molecular flexibility index (Phi) is 18.4. The molecule has 0 saturated heterocycles. The van der Waals surface area contributed by atoms with Crippen LogP contribution in [-0.4, -0.2) is 22.3 Å². The average Bonchev–Trinajstić information content (AvgIpc) is 2.58. The van der Waals surface area contributed by atoms with Gasteiger partial charge >= 0.3 is 5.97 Å². The summed E-state index contributed by atoms with van der Waals surface area (Å²) in [5.41, 5.74) is 0. The molecule has 1 unspecified atom stereocenters. The van der Waals surface area contributed by atoms with Gasteiger partial charge < -0.3 is 10.2 Å². The molecular weight excluding hydrogens is 312 g/mol. The van der Waals surface area contributed by atoms with Crippen molar-refractivity contribution in [2.24, 2.45) is 0 Å². The number of aliphatic carboxylic acids is 1. The van der Waals surface area contributed by atoms with E-state index in [1.54, 1.807) is 6.08 Å². The third-order valence-corrected chi connectivity index (χ3v) is 4.54. The number of allylic oxidation sites excluding steroid dienone is 3. The highest BCUT2D eigenvalue weighted by atomic mass is 16.4. The maximum Gasteiger partial charge on any atom is 0.328 e. The quantitative estimate of drug-likeness (QED) is 0.170. The average molecular weight is 353 g/mol. The monoisotopic (exact) mass is 352 g/mol. The molecule has 0 bridgehead atoms. The number of carbonyl (C=O) groups is 1. The van der Waals surface area contributed by atoms with Gasteiger partial charge in [0.2, 0.25) is 0 Å². The Labute approximate surface area is 155 Å². The molecule has 0 aliphatic carbocycles. The second-order valence-corrected chi connectivity index (χ2v) is 7.03. The molecule has 3 heteroatoms. The number of unbranched alkanes of at least 4 members (excludes halogenated alkanes) is 11. The van der Waals surface area contributed by atoms with Crippen molar-refractivity contribution in [2.75, 3.05) is 0 Å². The van der Waals surface area contributed by atoms with Crippen LogP contribution in [0.1, 0.15) is 103 Å². The predicted octanol–water partition coefficient (Wildman–Crippen LogP) is 6.42. The lowest BCUT2D eigenvalue weighted by Crippen LogP contribution is -2.05. The zero-order valence-corrected chi connectivity index (χ0v) is 16.3. The summed E-state index contributed by atoms with van der Waals surface area (Å²) in [5, 5.41) is 18.3. The Balaban J connectivity index is 3.20. The van der Waals surface area contributed by atoms with Gasteiger partial charge in [0.05, 0.1) is 6.10 Å². The van der Waals surface area contributed by atoms with Crippen LogP contribution in [0.2, 0.25) is 0 Å². The molecule has 0 heterocycles. The summed E-state index contributed by atoms with van der Waals surface area (Å²) in [4.78, 5) is 10.3. The fourth-order valence-corrected chi connectivity index (χ4v) is 2.97. The van der Waals surface area contributed by atoms with Crippen molar-refractivity contribution in [3.63, 3.8) is 0 Å². The van der Waals surface area contributed by atoms with Crippen LogP contribution >= 0.6 is 0 Å². The number of aliphatic hydroxyl groups excluding tert-OH is 1. The first kappa shape index (κ1) is 23.9. The van der Waals surface area contributed by atoms with Gasteiger partial charge in [0.1, 0.15) is 0 Å². The van der Waals surface area contributed by atoms with Crippen molar-refractivity contribution in [3.8, 4) is 0 Å². The molecule has 0 rings (SSSR count). The van der Waals surface area contributed by atoms with E-state index in [1.807, 2.05) is 12.2 Å². The van der Waals surface area contributed by atoms with Crippen LogP contribution in [0.3, 0.4) is 0 Å². The molecule has 3 nitrogen and oxygen atoms in total. The minimum atomic E-state index is -0.896. The molecular formula is C22H40O3. The molecule has 0 fully saturated rings. The maximum absolute atomic E-state index is 10.3. The van der Waals surface area contributed by atoms with E-state index in [0.29, 0.717) is 0 Å². The second-order valence-electron chi connectivity index (χ2n) is 7.03. The summed E-state index contributed by atoms with van der Waals surface area (Å²) in [6, 6.07) is 0. The lowest BCUT2D eigenvalue weighted by molar-refractivity contribution is -0.131. The standard InChI is InChI=1S/C22H40O3/c1-2-3-15-18-21(23)19-16-13-11-9-7-5-4-6-8-10-12-14-17-20-22(24)25/h12,14,17,20-21,23H,2-11,13,15-16,18-19H2,1H3,(H,24,25). The first-order valence-electron chi connectivity index (χ1n) is 10.4. The van der Waals surface area contributed by atoms with Crippen molar-refractivity contribution in [1.82, 2.24) is 0 Å². The van der Waals surface area contributed by atoms with Crippen LogP contribution in [0.15, 0.2) is 24.3 Å². The minimum absolute atomic E-state index is 0.0692. The van der Waals surface area contributed by atoms with Gasteiger partial charge in [0.25, 0.3) is 0 Å². The smallest absolute Gasteiger partial charge is 0.328 e. The zero-order chi connectivity index (χ0) is 18.6. The van der Waals surface area contributed by atoms with E-state index < -0.39 is 5.97 Å². The molecule has 0 aromatic rings. The van der Waals surface area contributed by atoms with Crippen molar-refractivity contribution >= 4 is 5.97 Å². The second kappa shape index (κ2) is 19.2. The Morgan fingerprint density at radius 3 is 1.88 bits per heavy atom.